The second kappa shape index (κ2) is 66.6. The fourth-order valence-electron chi connectivity index (χ4n) is 10.8. The molecule has 0 aromatic heterocycles. The second-order valence-electron chi connectivity index (χ2n) is 23.9. The van der Waals surface area contributed by atoms with E-state index in [4.69, 9.17) is 4.74 Å². The van der Waals surface area contributed by atoms with Crippen LogP contribution in [0.15, 0.2) is 36.5 Å². The molecule has 0 aromatic carbocycles. The molecule has 0 aliphatic heterocycles. The van der Waals surface area contributed by atoms with Crippen LogP contribution in [-0.2, 0) is 14.3 Å². The molecular formula is C71H135NO5. The summed E-state index contributed by atoms with van der Waals surface area (Å²) in [5.74, 6) is -0.0277. The monoisotopic (exact) mass is 1080 g/mol. The third kappa shape index (κ3) is 63.1. The lowest BCUT2D eigenvalue weighted by Gasteiger charge is -2.22. The molecule has 0 saturated heterocycles. The van der Waals surface area contributed by atoms with Crippen LogP contribution in [0.1, 0.15) is 380 Å². The quantitative estimate of drug-likeness (QED) is 0.0320. The van der Waals surface area contributed by atoms with Crippen molar-refractivity contribution in [3.05, 3.63) is 36.5 Å². The highest BCUT2D eigenvalue weighted by molar-refractivity contribution is 5.76. The number of rotatable bonds is 65. The molecule has 77 heavy (non-hydrogen) atoms. The molecule has 2 unspecified atom stereocenters. The van der Waals surface area contributed by atoms with Crippen molar-refractivity contribution in [3.63, 3.8) is 0 Å². The first-order valence-electron chi connectivity index (χ1n) is 34.7. The Labute approximate surface area is 481 Å². The summed E-state index contributed by atoms with van der Waals surface area (Å²) in [6.45, 7) is 4.95. The van der Waals surface area contributed by atoms with Crippen LogP contribution in [0.3, 0.4) is 0 Å². The third-order valence-electron chi connectivity index (χ3n) is 16.2. The van der Waals surface area contributed by atoms with Gasteiger partial charge in [-0.15, -0.1) is 0 Å². The first-order valence-corrected chi connectivity index (χ1v) is 34.7. The largest absolute Gasteiger partial charge is 0.466 e. The van der Waals surface area contributed by atoms with Crippen LogP contribution < -0.4 is 5.32 Å². The second-order valence-corrected chi connectivity index (χ2v) is 23.9. The fourth-order valence-corrected chi connectivity index (χ4v) is 10.8. The molecule has 0 aliphatic carbocycles. The molecule has 0 spiro atoms. The Morgan fingerprint density at radius 2 is 0.649 bits per heavy atom. The lowest BCUT2D eigenvalue weighted by Crippen LogP contribution is -2.45. The first kappa shape index (κ1) is 75.1. The summed E-state index contributed by atoms with van der Waals surface area (Å²) in [6.07, 6.45) is 84.8. The van der Waals surface area contributed by atoms with Crippen molar-refractivity contribution in [1.29, 1.82) is 0 Å². The number of nitrogens with one attached hydrogen (secondary N) is 1. The van der Waals surface area contributed by atoms with E-state index >= 15 is 0 Å². The first-order chi connectivity index (χ1) is 38.0. The normalized spacial score (nSPS) is 12.7. The highest BCUT2D eigenvalue weighted by atomic mass is 16.5. The summed E-state index contributed by atoms with van der Waals surface area (Å²) in [5.41, 5.74) is 0. The molecular weight excluding hydrogens is 947 g/mol. The van der Waals surface area contributed by atoms with Crippen LogP contribution in [0, 0.1) is 0 Å². The molecule has 1 amide bonds. The number of aliphatic hydroxyl groups is 2. The number of hydrogen-bond acceptors (Lipinski definition) is 5. The van der Waals surface area contributed by atoms with Crippen LogP contribution >= 0.6 is 0 Å². The molecule has 0 bridgehead atoms. The van der Waals surface area contributed by atoms with E-state index in [9.17, 15) is 19.8 Å². The van der Waals surface area contributed by atoms with E-state index in [0.29, 0.717) is 25.9 Å². The molecule has 0 radical (unpaired) electrons. The van der Waals surface area contributed by atoms with Crippen LogP contribution in [0.4, 0.5) is 0 Å². The Balaban J connectivity index is 3.36. The number of ether oxygens (including phenoxy) is 1. The van der Waals surface area contributed by atoms with Gasteiger partial charge in [0.15, 0.2) is 0 Å². The van der Waals surface area contributed by atoms with Crippen LogP contribution in [0.2, 0.25) is 0 Å². The SMILES string of the molecule is CCCCCC/C=C\C/C=C\CCCCCCCC(=O)OCCCCCCCCCCCCCC/C=C\CCCCCCCCCCCCCCCCC(=O)NC(CO)C(O)CCCCCCCCCCCCCCCC. The Morgan fingerprint density at radius 1 is 0.364 bits per heavy atom. The minimum Gasteiger partial charge on any atom is -0.466 e. The highest BCUT2D eigenvalue weighted by Gasteiger charge is 2.20. The molecule has 0 saturated carbocycles. The van der Waals surface area contributed by atoms with Gasteiger partial charge in [0.2, 0.25) is 5.91 Å². The Bertz CT molecular complexity index is 1250. The van der Waals surface area contributed by atoms with Gasteiger partial charge in [-0.3, -0.25) is 9.59 Å². The maximum atomic E-state index is 12.5. The lowest BCUT2D eigenvalue weighted by molar-refractivity contribution is -0.143. The molecule has 3 N–H and O–H groups in total. The predicted octanol–water partition coefficient (Wildman–Crippen LogP) is 22.3. The van der Waals surface area contributed by atoms with E-state index in [0.717, 1.165) is 51.4 Å². The highest BCUT2D eigenvalue weighted by Crippen LogP contribution is 2.18. The van der Waals surface area contributed by atoms with E-state index in [2.05, 4.69) is 55.6 Å². The standard InChI is InChI=1S/C71H135NO5/c1-3-5-7-9-11-13-15-17-19-37-41-45-49-53-57-61-65-71(76)77-66-62-58-54-50-46-42-38-35-33-31-29-27-25-23-21-20-22-24-26-28-30-32-34-36-40-44-48-52-56-60-64-70(75)72-68(67-73)69(74)63-59-55-51-47-43-39-18-16-14-12-10-8-6-4-2/h13,15,19,21,23,37,68-69,73-74H,3-12,14,16-18,20,22,24-36,38-67H2,1-2H3,(H,72,75)/b15-13-,23-21-,37-19-. The Morgan fingerprint density at radius 3 is 1.01 bits per heavy atom. The molecule has 0 heterocycles. The van der Waals surface area contributed by atoms with Crippen molar-refractivity contribution in [2.24, 2.45) is 0 Å². The minimum absolute atomic E-state index is 0.00391. The predicted molar refractivity (Wildman–Crippen MR) is 338 cm³/mol. The van der Waals surface area contributed by atoms with Gasteiger partial charge in [-0.2, -0.15) is 0 Å². The van der Waals surface area contributed by atoms with Crippen molar-refractivity contribution in [2.75, 3.05) is 13.2 Å². The van der Waals surface area contributed by atoms with Crippen LogP contribution in [0.25, 0.3) is 0 Å². The molecule has 454 valence electrons. The van der Waals surface area contributed by atoms with E-state index in [-0.39, 0.29) is 18.5 Å². The number of carbonyl (C=O) groups is 2. The van der Waals surface area contributed by atoms with Crippen molar-refractivity contribution in [2.45, 2.75) is 392 Å². The average molecular weight is 1080 g/mol. The van der Waals surface area contributed by atoms with E-state index < -0.39 is 12.1 Å². The summed E-state index contributed by atoms with van der Waals surface area (Å²) in [4.78, 5) is 24.6. The lowest BCUT2D eigenvalue weighted by atomic mass is 10.0. The molecule has 2 atom stereocenters. The number of amides is 1. The summed E-state index contributed by atoms with van der Waals surface area (Å²) >= 11 is 0. The van der Waals surface area contributed by atoms with Gasteiger partial charge in [-0.05, 0) is 83.5 Å². The van der Waals surface area contributed by atoms with Gasteiger partial charge in [0, 0.05) is 12.8 Å². The number of carbonyl (C=O) groups excluding carboxylic acids is 2. The zero-order valence-corrected chi connectivity index (χ0v) is 52.0. The zero-order chi connectivity index (χ0) is 55.7. The number of hydrogen-bond donors (Lipinski definition) is 3. The average Bonchev–Trinajstić information content (AvgIpc) is 3.43. The van der Waals surface area contributed by atoms with Crippen molar-refractivity contribution in [1.82, 2.24) is 5.32 Å². The van der Waals surface area contributed by atoms with E-state index in [1.165, 1.54) is 295 Å². The van der Waals surface area contributed by atoms with E-state index in [1.807, 2.05) is 0 Å². The zero-order valence-electron chi connectivity index (χ0n) is 52.0. The van der Waals surface area contributed by atoms with Crippen LogP contribution in [-0.4, -0.2) is 47.4 Å². The molecule has 0 rings (SSSR count). The van der Waals surface area contributed by atoms with Gasteiger partial charge in [-0.25, -0.2) is 0 Å². The van der Waals surface area contributed by atoms with Gasteiger partial charge in [0.1, 0.15) is 0 Å². The summed E-state index contributed by atoms with van der Waals surface area (Å²) in [7, 11) is 0. The van der Waals surface area contributed by atoms with Crippen molar-refractivity contribution in [3.8, 4) is 0 Å². The molecule has 0 aliphatic rings. The maximum absolute atomic E-state index is 12.5. The molecule has 6 heteroatoms. The third-order valence-corrected chi connectivity index (χ3v) is 16.2. The summed E-state index contributed by atoms with van der Waals surface area (Å²) < 4.78 is 5.49. The van der Waals surface area contributed by atoms with E-state index in [1.54, 1.807) is 0 Å². The molecule has 0 aromatic rings. The van der Waals surface area contributed by atoms with Gasteiger partial charge in [0.05, 0.1) is 25.4 Å². The van der Waals surface area contributed by atoms with Gasteiger partial charge in [-0.1, -0.05) is 320 Å². The van der Waals surface area contributed by atoms with Gasteiger partial charge in [0.25, 0.3) is 0 Å². The number of unbranched alkanes of at least 4 members (excludes halogenated alkanes) is 48. The van der Waals surface area contributed by atoms with Crippen molar-refractivity contribution >= 4 is 11.9 Å². The topological polar surface area (TPSA) is 95.9 Å². The van der Waals surface area contributed by atoms with Crippen molar-refractivity contribution < 1.29 is 24.5 Å². The summed E-state index contributed by atoms with van der Waals surface area (Å²) in [5, 5.41) is 23.3. The van der Waals surface area contributed by atoms with Gasteiger partial charge < -0.3 is 20.3 Å². The number of esters is 1. The maximum Gasteiger partial charge on any atom is 0.305 e. The fraction of sp³-hybridized carbons (Fsp3) is 0.887. The number of allylic oxidation sites excluding steroid dienone is 6. The van der Waals surface area contributed by atoms with Crippen LogP contribution in [0.5, 0.6) is 0 Å². The number of aliphatic hydroxyl groups excluding tert-OH is 2. The Kier molecular flexibility index (Phi) is 64.9. The smallest absolute Gasteiger partial charge is 0.305 e. The molecule has 0 fully saturated rings. The summed E-state index contributed by atoms with van der Waals surface area (Å²) in [6, 6.07) is -0.540. The minimum atomic E-state index is -0.663. The molecule has 6 nitrogen and oxygen atoms in total. The Hall–Kier alpha value is -1.92. The van der Waals surface area contributed by atoms with Gasteiger partial charge >= 0.3 is 5.97 Å².